The van der Waals surface area contributed by atoms with Gasteiger partial charge >= 0.3 is 17.9 Å². The Morgan fingerprint density at radius 1 is 0.864 bits per heavy atom. The largest absolute Gasteiger partial charge is 0.456 e. The fraction of sp³-hybridized carbons (Fsp3) is 0.444. The summed E-state index contributed by atoms with van der Waals surface area (Å²) in [6.45, 7) is 6.89. The van der Waals surface area contributed by atoms with Crippen molar-refractivity contribution in [3.05, 3.63) is 119 Å². The quantitative estimate of drug-likeness (QED) is 0.120. The second-order valence-corrected chi connectivity index (χ2v) is 16.8. The predicted octanol–water partition coefficient (Wildman–Crippen LogP) is 3.16. The molecule has 14 nitrogen and oxygen atoms in total. The molecule has 2 saturated carbocycles. The molecule has 312 valence electrons. The highest BCUT2D eigenvalue weighted by Crippen LogP contribution is 2.64. The molecular formula is C45H49NO13. The van der Waals surface area contributed by atoms with Gasteiger partial charge in [0.15, 0.2) is 17.5 Å². The van der Waals surface area contributed by atoms with E-state index < -0.39 is 107 Å². The van der Waals surface area contributed by atoms with Crippen LogP contribution < -0.4 is 5.32 Å². The molecule has 3 aromatic rings. The topological polar surface area (TPSA) is 215 Å². The molecule has 59 heavy (non-hydrogen) atoms. The van der Waals surface area contributed by atoms with E-state index in [-0.39, 0.29) is 35.3 Å². The minimum atomic E-state index is -2.35. The lowest BCUT2D eigenvalue weighted by atomic mass is 9.44. The van der Waals surface area contributed by atoms with Gasteiger partial charge in [0, 0.05) is 30.7 Å². The van der Waals surface area contributed by atoms with Gasteiger partial charge in [0.2, 0.25) is 0 Å². The van der Waals surface area contributed by atoms with Gasteiger partial charge in [-0.25, -0.2) is 9.59 Å². The highest BCUT2D eigenvalue weighted by atomic mass is 16.6. The number of aliphatic hydroxyl groups is 4. The van der Waals surface area contributed by atoms with Gasteiger partial charge in [-0.15, -0.1) is 0 Å². The number of hydrogen-bond acceptors (Lipinski definition) is 13. The number of ketones is 1. The van der Waals surface area contributed by atoms with Gasteiger partial charge in [-0.3, -0.25) is 14.4 Å². The first-order chi connectivity index (χ1) is 27.9. The number of esters is 3. The summed E-state index contributed by atoms with van der Waals surface area (Å²) in [5.74, 6) is -5.89. The number of rotatable bonds is 9. The van der Waals surface area contributed by atoms with Gasteiger partial charge in [0.05, 0.1) is 35.6 Å². The van der Waals surface area contributed by atoms with Crippen LogP contribution in [0.2, 0.25) is 0 Å². The summed E-state index contributed by atoms with van der Waals surface area (Å²) in [5, 5.41) is 51.9. The molecule has 4 aliphatic rings. The number of hydrogen-bond donors (Lipinski definition) is 5. The number of benzene rings is 3. The van der Waals surface area contributed by atoms with Crippen molar-refractivity contribution in [2.75, 3.05) is 6.61 Å². The van der Waals surface area contributed by atoms with E-state index >= 15 is 0 Å². The molecule has 0 radical (unpaired) electrons. The minimum Gasteiger partial charge on any atom is -0.456 e. The Balaban J connectivity index is 1.34. The van der Waals surface area contributed by atoms with Crippen LogP contribution in [0.25, 0.3) is 0 Å². The molecular weight excluding hydrogens is 762 g/mol. The molecule has 7 rings (SSSR count). The molecule has 1 heterocycles. The first kappa shape index (κ1) is 41.9. The summed E-state index contributed by atoms with van der Waals surface area (Å²) in [4.78, 5) is 69.5. The summed E-state index contributed by atoms with van der Waals surface area (Å²) < 4.78 is 24.2. The maximum Gasteiger partial charge on any atom is 0.338 e. The molecule has 1 saturated heterocycles. The van der Waals surface area contributed by atoms with Crippen molar-refractivity contribution >= 4 is 29.6 Å². The van der Waals surface area contributed by atoms with Gasteiger partial charge in [-0.2, -0.15) is 0 Å². The third-order valence-electron chi connectivity index (χ3n) is 13.2. The van der Waals surface area contributed by atoms with Crippen LogP contribution in [-0.4, -0.2) is 104 Å². The molecule has 2 unspecified atom stereocenters. The first-order valence-corrected chi connectivity index (χ1v) is 19.6. The summed E-state index contributed by atoms with van der Waals surface area (Å²) in [6, 6.07) is 23.1. The SMILES string of the molecule is CC(=O)O[C@@]12CO[C@@H]1C[C@H](O)[C@@]1(C)C(=O)[C@H](O)C3=C(C)[C@@H](OC(=O)C(O)C(NC(=O)c4ccccc4)c4ccccc4)C[C@@](O)([C@@H](OC(=O)c4ccccc4)[C@H]21)C3(C)C. The Morgan fingerprint density at radius 2 is 1.44 bits per heavy atom. The Morgan fingerprint density at radius 3 is 2.00 bits per heavy atom. The summed E-state index contributed by atoms with van der Waals surface area (Å²) in [7, 11) is 0. The van der Waals surface area contributed by atoms with Crippen LogP contribution in [0, 0.1) is 16.7 Å². The van der Waals surface area contributed by atoms with Crippen LogP contribution in [0.3, 0.4) is 0 Å². The van der Waals surface area contributed by atoms with Crippen LogP contribution in [-0.2, 0) is 33.3 Å². The van der Waals surface area contributed by atoms with E-state index in [1.54, 1.807) is 92.7 Å². The lowest BCUT2D eigenvalue weighted by Gasteiger charge is -2.67. The average Bonchev–Trinajstić information content (AvgIpc) is 3.21. The van der Waals surface area contributed by atoms with E-state index in [4.69, 9.17) is 18.9 Å². The minimum absolute atomic E-state index is 0.0540. The number of aliphatic hydroxyl groups excluding tert-OH is 3. The van der Waals surface area contributed by atoms with Crippen LogP contribution in [0.15, 0.2) is 102 Å². The molecule has 5 N–H and O–H groups in total. The highest BCUT2D eigenvalue weighted by molar-refractivity contribution is 5.95. The van der Waals surface area contributed by atoms with Crippen molar-refractivity contribution in [1.29, 1.82) is 0 Å². The smallest absolute Gasteiger partial charge is 0.338 e. The molecule has 2 bridgehead atoms. The highest BCUT2D eigenvalue weighted by Gasteiger charge is 2.78. The maximum absolute atomic E-state index is 15.0. The number of carbonyl (C=O) groups is 5. The van der Waals surface area contributed by atoms with Gasteiger partial charge < -0.3 is 44.7 Å². The van der Waals surface area contributed by atoms with E-state index in [1.807, 2.05) is 0 Å². The number of ether oxygens (including phenoxy) is 4. The van der Waals surface area contributed by atoms with E-state index in [2.05, 4.69) is 5.32 Å². The average molecular weight is 812 g/mol. The number of nitrogens with one attached hydrogen (secondary N) is 1. The number of amides is 1. The fourth-order valence-electron chi connectivity index (χ4n) is 9.94. The monoisotopic (exact) mass is 811 g/mol. The van der Waals surface area contributed by atoms with E-state index in [0.717, 1.165) is 6.92 Å². The lowest BCUT2D eigenvalue weighted by molar-refractivity contribution is -0.346. The molecule has 14 heteroatoms. The molecule has 0 aromatic heterocycles. The number of carbonyl (C=O) groups excluding carboxylic acids is 5. The molecule has 1 aliphatic heterocycles. The Labute approximate surface area is 341 Å². The van der Waals surface area contributed by atoms with Crippen molar-refractivity contribution in [2.45, 2.75) is 101 Å². The predicted molar refractivity (Wildman–Crippen MR) is 208 cm³/mol. The van der Waals surface area contributed by atoms with Crippen molar-refractivity contribution in [1.82, 2.24) is 5.32 Å². The van der Waals surface area contributed by atoms with Gasteiger partial charge in [0.25, 0.3) is 5.91 Å². The Bertz CT molecular complexity index is 2160. The van der Waals surface area contributed by atoms with Crippen LogP contribution in [0.5, 0.6) is 0 Å². The van der Waals surface area contributed by atoms with Gasteiger partial charge in [-0.05, 0) is 54.8 Å². The van der Waals surface area contributed by atoms with Crippen LogP contribution in [0.4, 0.5) is 0 Å². The summed E-state index contributed by atoms with van der Waals surface area (Å²) in [5.41, 5.74) is -6.86. The fourth-order valence-corrected chi connectivity index (χ4v) is 9.94. The molecule has 3 aliphatic carbocycles. The second-order valence-electron chi connectivity index (χ2n) is 16.8. The zero-order valence-electron chi connectivity index (χ0n) is 33.4. The van der Waals surface area contributed by atoms with E-state index in [1.165, 1.54) is 26.0 Å². The summed E-state index contributed by atoms with van der Waals surface area (Å²) >= 11 is 0. The molecule has 11 atom stereocenters. The van der Waals surface area contributed by atoms with E-state index in [9.17, 15) is 44.4 Å². The summed E-state index contributed by atoms with van der Waals surface area (Å²) in [6.07, 6.45) is -10.5. The Hall–Kier alpha value is -5.25. The van der Waals surface area contributed by atoms with Gasteiger partial charge in [0.1, 0.15) is 30.0 Å². The second kappa shape index (κ2) is 15.4. The van der Waals surface area contributed by atoms with Crippen molar-refractivity contribution in [2.24, 2.45) is 16.7 Å². The van der Waals surface area contributed by atoms with Crippen LogP contribution in [0.1, 0.15) is 79.8 Å². The molecule has 3 aromatic carbocycles. The van der Waals surface area contributed by atoms with Gasteiger partial charge in [-0.1, -0.05) is 80.6 Å². The van der Waals surface area contributed by atoms with E-state index in [0.29, 0.717) is 5.56 Å². The third kappa shape index (κ3) is 6.76. The molecule has 0 spiro atoms. The first-order valence-electron chi connectivity index (χ1n) is 19.6. The van der Waals surface area contributed by atoms with Crippen LogP contribution >= 0.6 is 0 Å². The molecule has 3 fully saturated rings. The zero-order chi connectivity index (χ0) is 42.7. The Kier molecular flexibility index (Phi) is 10.9. The van der Waals surface area contributed by atoms with Crippen molar-refractivity contribution in [3.63, 3.8) is 0 Å². The number of Topliss-reactive ketones (excluding diaryl/α,β-unsaturated/α-hetero) is 1. The zero-order valence-corrected chi connectivity index (χ0v) is 33.4. The van der Waals surface area contributed by atoms with Crippen molar-refractivity contribution < 1.29 is 63.3 Å². The third-order valence-corrected chi connectivity index (χ3v) is 13.2. The number of fused-ring (bicyclic) bond motifs is 5. The standard InChI is InChI=1S/C45H49NO13/c1-24-29(57-41(54)35(50)33(26-15-9-6-10-16-26)46-39(52)27-17-11-7-12-18-27)22-45(55)38(58-40(53)28-19-13-8-14-20-28)36-43(5,37(51)34(49)32(24)42(45,3)4)30(48)21-31-44(36,23-56-31)59-25(2)47/h6-20,29-31,33-36,38,48-50,55H,21-23H2,1-5H3,(H,46,52)/t29-,30-,31+,33?,34+,35?,36-,38-,43+,44-,45+/m0/s1. The normalized spacial score (nSPS) is 33.0. The van der Waals surface area contributed by atoms with Crippen molar-refractivity contribution in [3.8, 4) is 0 Å². The molecule has 1 amide bonds. The lowest BCUT2D eigenvalue weighted by Crippen LogP contribution is -2.81. The maximum atomic E-state index is 15.0.